The second-order valence-corrected chi connectivity index (χ2v) is 2.18. The summed E-state index contributed by atoms with van der Waals surface area (Å²) >= 11 is 0. The third-order valence-corrected chi connectivity index (χ3v) is 1.36. The molecule has 0 aliphatic rings. The van der Waals surface area contributed by atoms with Gasteiger partial charge in [-0.1, -0.05) is 0 Å². The zero-order chi connectivity index (χ0) is 8.69. The standard InChI is InChI=1S/C7H16N2O2/c1-6(11-3)7(8)9-4-5-10-2/h6H,4-5H2,1-3H3,(H2,8,9). The Morgan fingerprint density at radius 3 is 2.64 bits per heavy atom. The van der Waals surface area contributed by atoms with E-state index in [4.69, 9.17) is 15.2 Å². The highest BCUT2D eigenvalue weighted by Gasteiger charge is 2.02. The fourth-order valence-corrected chi connectivity index (χ4v) is 0.515. The van der Waals surface area contributed by atoms with Crippen molar-refractivity contribution in [1.29, 1.82) is 0 Å². The van der Waals surface area contributed by atoms with E-state index in [0.717, 1.165) is 0 Å². The Morgan fingerprint density at radius 1 is 1.55 bits per heavy atom. The SMILES string of the molecule is COCCN=C(N)C(C)OC. The predicted molar refractivity (Wildman–Crippen MR) is 44.8 cm³/mol. The largest absolute Gasteiger partial charge is 0.385 e. The molecule has 0 rings (SSSR count). The van der Waals surface area contributed by atoms with Crippen LogP contribution in [-0.2, 0) is 9.47 Å². The number of amidine groups is 1. The average Bonchev–Trinajstić information content (AvgIpc) is 2.03. The third kappa shape index (κ3) is 4.75. The van der Waals surface area contributed by atoms with Crippen LogP contribution < -0.4 is 5.73 Å². The monoisotopic (exact) mass is 160 g/mol. The van der Waals surface area contributed by atoms with E-state index in [0.29, 0.717) is 19.0 Å². The molecule has 0 fully saturated rings. The van der Waals surface area contributed by atoms with Crippen LogP contribution in [0.2, 0.25) is 0 Å². The summed E-state index contributed by atoms with van der Waals surface area (Å²) in [6.07, 6.45) is -0.105. The normalized spacial score (nSPS) is 15.0. The molecule has 0 aliphatic heterocycles. The number of hydrogen-bond acceptors (Lipinski definition) is 3. The maximum atomic E-state index is 5.54. The Bertz CT molecular complexity index is 126. The summed E-state index contributed by atoms with van der Waals surface area (Å²) in [4.78, 5) is 4.03. The summed E-state index contributed by atoms with van der Waals surface area (Å²) in [5.74, 6) is 0.518. The molecule has 11 heavy (non-hydrogen) atoms. The van der Waals surface area contributed by atoms with Gasteiger partial charge in [0.05, 0.1) is 13.2 Å². The van der Waals surface area contributed by atoms with Crippen molar-refractivity contribution < 1.29 is 9.47 Å². The molecule has 0 saturated carbocycles. The molecule has 0 bridgehead atoms. The number of nitrogens with two attached hydrogens (primary N) is 1. The van der Waals surface area contributed by atoms with E-state index in [1.807, 2.05) is 6.92 Å². The molecule has 4 nitrogen and oxygen atoms in total. The van der Waals surface area contributed by atoms with Crippen molar-refractivity contribution in [1.82, 2.24) is 0 Å². The van der Waals surface area contributed by atoms with Crippen molar-refractivity contribution in [2.45, 2.75) is 13.0 Å². The van der Waals surface area contributed by atoms with Crippen LogP contribution in [0.1, 0.15) is 6.92 Å². The Labute approximate surface area is 67.4 Å². The van der Waals surface area contributed by atoms with E-state index in [1.165, 1.54) is 0 Å². The molecule has 1 unspecified atom stereocenters. The van der Waals surface area contributed by atoms with Crippen LogP contribution in [0.25, 0.3) is 0 Å². The summed E-state index contributed by atoms with van der Waals surface area (Å²) in [6.45, 7) is 3.04. The lowest BCUT2D eigenvalue weighted by Gasteiger charge is -2.07. The van der Waals surface area contributed by atoms with Gasteiger partial charge in [-0.15, -0.1) is 0 Å². The Morgan fingerprint density at radius 2 is 2.18 bits per heavy atom. The molecule has 0 spiro atoms. The molecular formula is C7H16N2O2. The van der Waals surface area contributed by atoms with E-state index in [2.05, 4.69) is 4.99 Å². The first-order valence-electron chi connectivity index (χ1n) is 3.54. The summed E-state index contributed by atoms with van der Waals surface area (Å²) in [7, 11) is 3.23. The third-order valence-electron chi connectivity index (χ3n) is 1.36. The van der Waals surface area contributed by atoms with Gasteiger partial charge in [-0.05, 0) is 6.92 Å². The van der Waals surface area contributed by atoms with Gasteiger partial charge in [0.15, 0.2) is 0 Å². The van der Waals surface area contributed by atoms with Crippen LogP contribution in [0.15, 0.2) is 4.99 Å². The van der Waals surface area contributed by atoms with E-state index in [1.54, 1.807) is 14.2 Å². The second-order valence-electron chi connectivity index (χ2n) is 2.18. The van der Waals surface area contributed by atoms with Crippen molar-refractivity contribution in [3.63, 3.8) is 0 Å². The quantitative estimate of drug-likeness (QED) is 0.350. The minimum Gasteiger partial charge on any atom is -0.385 e. The maximum Gasteiger partial charge on any atom is 0.123 e. The van der Waals surface area contributed by atoms with Gasteiger partial charge in [0.1, 0.15) is 11.9 Å². The van der Waals surface area contributed by atoms with E-state index < -0.39 is 0 Å². The van der Waals surface area contributed by atoms with Crippen molar-refractivity contribution in [2.24, 2.45) is 10.7 Å². The summed E-state index contributed by atoms with van der Waals surface area (Å²) in [5.41, 5.74) is 5.54. The lowest BCUT2D eigenvalue weighted by Crippen LogP contribution is -2.28. The van der Waals surface area contributed by atoms with Crippen LogP contribution in [0.5, 0.6) is 0 Å². The summed E-state index contributed by atoms with van der Waals surface area (Å²) < 4.78 is 9.75. The van der Waals surface area contributed by atoms with Crippen LogP contribution in [0, 0.1) is 0 Å². The smallest absolute Gasteiger partial charge is 0.123 e. The lowest BCUT2D eigenvalue weighted by molar-refractivity contribution is 0.168. The molecule has 1 atom stereocenters. The molecule has 0 aromatic rings. The maximum absolute atomic E-state index is 5.54. The van der Waals surface area contributed by atoms with Crippen molar-refractivity contribution in [2.75, 3.05) is 27.4 Å². The zero-order valence-electron chi connectivity index (χ0n) is 7.33. The van der Waals surface area contributed by atoms with Gasteiger partial charge < -0.3 is 15.2 Å². The average molecular weight is 160 g/mol. The topological polar surface area (TPSA) is 56.8 Å². The predicted octanol–water partition coefficient (Wildman–Crippen LogP) is 0.0249. The first kappa shape index (κ1) is 10.4. The van der Waals surface area contributed by atoms with Crippen LogP contribution in [0.3, 0.4) is 0 Å². The molecule has 0 saturated heterocycles. The highest BCUT2D eigenvalue weighted by molar-refractivity contribution is 5.84. The number of rotatable bonds is 5. The van der Waals surface area contributed by atoms with Crippen LogP contribution >= 0.6 is 0 Å². The van der Waals surface area contributed by atoms with Crippen LogP contribution in [-0.4, -0.2) is 39.3 Å². The fourth-order valence-electron chi connectivity index (χ4n) is 0.515. The van der Waals surface area contributed by atoms with Gasteiger partial charge >= 0.3 is 0 Å². The second kappa shape index (κ2) is 6.12. The van der Waals surface area contributed by atoms with Crippen LogP contribution in [0.4, 0.5) is 0 Å². The number of hydrogen-bond donors (Lipinski definition) is 1. The number of nitrogens with zero attached hydrogens (tertiary/aromatic N) is 1. The molecular weight excluding hydrogens is 144 g/mol. The molecule has 4 heteroatoms. The highest BCUT2D eigenvalue weighted by Crippen LogP contribution is 1.87. The van der Waals surface area contributed by atoms with Gasteiger partial charge in [-0.2, -0.15) is 0 Å². The molecule has 0 aliphatic carbocycles. The zero-order valence-corrected chi connectivity index (χ0v) is 7.33. The minimum atomic E-state index is -0.105. The van der Waals surface area contributed by atoms with E-state index >= 15 is 0 Å². The number of ether oxygens (including phenoxy) is 2. The Balaban J connectivity index is 3.61. The minimum absolute atomic E-state index is 0.105. The molecule has 0 heterocycles. The van der Waals surface area contributed by atoms with E-state index in [-0.39, 0.29) is 6.10 Å². The molecule has 2 N–H and O–H groups in total. The molecule has 0 aromatic carbocycles. The van der Waals surface area contributed by atoms with Gasteiger partial charge in [0.2, 0.25) is 0 Å². The fraction of sp³-hybridized carbons (Fsp3) is 0.857. The molecule has 66 valence electrons. The van der Waals surface area contributed by atoms with Crippen molar-refractivity contribution in [3.05, 3.63) is 0 Å². The summed E-state index contributed by atoms with van der Waals surface area (Å²) in [5, 5.41) is 0. The Hall–Kier alpha value is -0.610. The Kier molecular flexibility index (Phi) is 5.78. The number of aliphatic imine (C=N–C) groups is 1. The van der Waals surface area contributed by atoms with Crippen molar-refractivity contribution in [3.8, 4) is 0 Å². The van der Waals surface area contributed by atoms with Gasteiger partial charge in [-0.3, -0.25) is 4.99 Å². The lowest BCUT2D eigenvalue weighted by atomic mass is 10.4. The first-order valence-corrected chi connectivity index (χ1v) is 3.54. The van der Waals surface area contributed by atoms with Crippen molar-refractivity contribution >= 4 is 5.84 Å². The van der Waals surface area contributed by atoms with E-state index in [9.17, 15) is 0 Å². The molecule has 0 aromatic heterocycles. The molecule has 0 amide bonds. The highest BCUT2D eigenvalue weighted by atomic mass is 16.5. The summed E-state index contributed by atoms with van der Waals surface area (Å²) in [6, 6.07) is 0. The molecule has 0 radical (unpaired) electrons. The van der Waals surface area contributed by atoms with Gasteiger partial charge in [0, 0.05) is 14.2 Å². The number of methoxy groups -OCH3 is 2. The van der Waals surface area contributed by atoms with Gasteiger partial charge in [0.25, 0.3) is 0 Å². The first-order chi connectivity index (χ1) is 5.22. The van der Waals surface area contributed by atoms with Gasteiger partial charge in [-0.25, -0.2) is 0 Å².